The molecular weight excluding hydrogens is 348 g/mol. The van der Waals surface area contributed by atoms with Crippen molar-refractivity contribution in [3.05, 3.63) is 58.6 Å². The van der Waals surface area contributed by atoms with Gasteiger partial charge in [-0.05, 0) is 43.9 Å². The lowest BCUT2D eigenvalue weighted by Crippen LogP contribution is -2.37. The Morgan fingerprint density at radius 3 is 2.50 bits per heavy atom. The van der Waals surface area contributed by atoms with Gasteiger partial charge in [0.15, 0.2) is 5.82 Å². The Hall–Kier alpha value is -2.24. The number of aromatic nitrogens is 2. The minimum absolute atomic E-state index is 0.772. The lowest BCUT2D eigenvalue weighted by atomic mass is 10.0. The van der Waals surface area contributed by atoms with Gasteiger partial charge in [0.1, 0.15) is 5.82 Å². The van der Waals surface area contributed by atoms with E-state index in [9.17, 15) is 0 Å². The molecule has 0 N–H and O–H groups in total. The molecule has 0 amide bonds. The van der Waals surface area contributed by atoms with Crippen molar-refractivity contribution in [1.29, 1.82) is 0 Å². The summed E-state index contributed by atoms with van der Waals surface area (Å²) in [7, 11) is 0. The molecule has 5 nitrogen and oxygen atoms in total. The number of hydrogen-bond donors (Lipinski definition) is 0. The van der Waals surface area contributed by atoms with Gasteiger partial charge in [0, 0.05) is 44.0 Å². The molecule has 1 saturated heterocycles. The van der Waals surface area contributed by atoms with Crippen LogP contribution in [-0.4, -0.2) is 54.3 Å². The van der Waals surface area contributed by atoms with Gasteiger partial charge >= 0.3 is 0 Å². The van der Waals surface area contributed by atoms with Gasteiger partial charge in [-0.25, -0.2) is 9.97 Å². The van der Waals surface area contributed by atoms with Crippen molar-refractivity contribution in [2.24, 2.45) is 0 Å². The maximum absolute atomic E-state index is 5.50. The quantitative estimate of drug-likeness (QED) is 0.814. The van der Waals surface area contributed by atoms with E-state index in [-0.39, 0.29) is 0 Å². The molecule has 4 rings (SSSR count). The highest BCUT2D eigenvalue weighted by Crippen LogP contribution is 2.26. The van der Waals surface area contributed by atoms with Crippen LogP contribution in [0.15, 0.2) is 30.3 Å². The SMILES string of the molecule is Cc1ccccc1CN1CC=C(c2nc(C)c(C)c(N3CCOCC3)n2)CC1. The summed E-state index contributed by atoms with van der Waals surface area (Å²) < 4.78 is 5.50. The van der Waals surface area contributed by atoms with Crippen LogP contribution >= 0.6 is 0 Å². The van der Waals surface area contributed by atoms with Crippen molar-refractivity contribution >= 4 is 11.4 Å². The number of rotatable bonds is 4. The summed E-state index contributed by atoms with van der Waals surface area (Å²) in [5, 5.41) is 0. The number of anilines is 1. The van der Waals surface area contributed by atoms with Crippen LogP contribution in [-0.2, 0) is 11.3 Å². The molecule has 1 fully saturated rings. The first-order valence-corrected chi connectivity index (χ1v) is 10.3. The van der Waals surface area contributed by atoms with E-state index in [2.05, 4.69) is 60.9 Å². The predicted molar refractivity (Wildman–Crippen MR) is 114 cm³/mol. The first-order chi connectivity index (χ1) is 13.6. The smallest absolute Gasteiger partial charge is 0.157 e. The maximum Gasteiger partial charge on any atom is 0.157 e. The zero-order chi connectivity index (χ0) is 19.5. The number of nitrogens with zero attached hydrogens (tertiary/aromatic N) is 4. The molecule has 0 spiro atoms. The number of benzene rings is 1. The second-order valence-corrected chi connectivity index (χ2v) is 7.82. The number of ether oxygens (including phenoxy) is 1. The van der Waals surface area contributed by atoms with Gasteiger partial charge in [0.25, 0.3) is 0 Å². The van der Waals surface area contributed by atoms with E-state index in [1.54, 1.807) is 0 Å². The maximum atomic E-state index is 5.50. The van der Waals surface area contributed by atoms with E-state index in [4.69, 9.17) is 14.7 Å². The number of hydrogen-bond acceptors (Lipinski definition) is 5. The second kappa shape index (κ2) is 8.41. The topological polar surface area (TPSA) is 41.5 Å². The summed E-state index contributed by atoms with van der Waals surface area (Å²) in [5.41, 5.74) is 6.32. The van der Waals surface area contributed by atoms with Crippen molar-refractivity contribution in [2.45, 2.75) is 33.7 Å². The molecule has 1 aromatic heterocycles. The molecule has 0 saturated carbocycles. The summed E-state index contributed by atoms with van der Waals surface area (Å²) in [6, 6.07) is 8.66. The average molecular weight is 379 g/mol. The molecule has 0 atom stereocenters. The summed E-state index contributed by atoms with van der Waals surface area (Å²) in [6.45, 7) is 12.8. The van der Waals surface area contributed by atoms with Gasteiger partial charge in [-0.1, -0.05) is 30.3 Å². The first kappa shape index (κ1) is 19.1. The van der Waals surface area contributed by atoms with Gasteiger partial charge in [-0.15, -0.1) is 0 Å². The van der Waals surface area contributed by atoms with Crippen LogP contribution in [0.5, 0.6) is 0 Å². The van der Waals surface area contributed by atoms with Gasteiger partial charge in [0.05, 0.1) is 13.2 Å². The molecule has 28 heavy (non-hydrogen) atoms. The standard InChI is InChI=1S/C23H30N4O/c1-17-6-4-5-7-21(17)16-26-10-8-20(9-11-26)22-24-19(3)18(2)23(25-22)27-12-14-28-15-13-27/h4-8H,9-16H2,1-3H3. The van der Waals surface area contributed by atoms with Crippen molar-refractivity contribution in [1.82, 2.24) is 14.9 Å². The van der Waals surface area contributed by atoms with Gasteiger partial charge in [-0.3, -0.25) is 4.90 Å². The van der Waals surface area contributed by atoms with Crippen molar-refractivity contribution in [2.75, 3.05) is 44.3 Å². The van der Waals surface area contributed by atoms with E-state index in [0.29, 0.717) is 0 Å². The molecule has 2 aliphatic heterocycles. The summed E-state index contributed by atoms with van der Waals surface area (Å²) >= 11 is 0. The minimum Gasteiger partial charge on any atom is -0.378 e. The fourth-order valence-corrected chi connectivity index (χ4v) is 3.93. The molecule has 1 aromatic carbocycles. The van der Waals surface area contributed by atoms with E-state index >= 15 is 0 Å². The largest absolute Gasteiger partial charge is 0.378 e. The summed E-state index contributed by atoms with van der Waals surface area (Å²) in [6.07, 6.45) is 3.31. The Bertz CT molecular complexity index is 871. The highest BCUT2D eigenvalue weighted by Gasteiger charge is 2.21. The van der Waals surface area contributed by atoms with E-state index in [0.717, 1.165) is 69.7 Å². The Morgan fingerprint density at radius 1 is 1.00 bits per heavy atom. The van der Waals surface area contributed by atoms with Crippen LogP contribution in [0, 0.1) is 20.8 Å². The van der Waals surface area contributed by atoms with E-state index in [1.165, 1.54) is 22.3 Å². The highest BCUT2D eigenvalue weighted by molar-refractivity contribution is 5.64. The van der Waals surface area contributed by atoms with Gasteiger partial charge < -0.3 is 9.64 Å². The molecule has 148 valence electrons. The lowest BCUT2D eigenvalue weighted by Gasteiger charge is -2.30. The Morgan fingerprint density at radius 2 is 1.79 bits per heavy atom. The fraction of sp³-hybridized carbons (Fsp3) is 0.478. The van der Waals surface area contributed by atoms with Crippen LogP contribution in [0.1, 0.15) is 34.6 Å². The molecule has 2 aliphatic rings. The second-order valence-electron chi connectivity index (χ2n) is 7.82. The molecule has 5 heteroatoms. The van der Waals surface area contributed by atoms with Crippen molar-refractivity contribution < 1.29 is 4.74 Å². The molecule has 0 radical (unpaired) electrons. The summed E-state index contributed by atoms with van der Waals surface area (Å²) in [4.78, 5) is 14.6. The van der Waals surface area contributed by atoms with Crippen molar-refractivity contribution in [3.63, 3.8) is 0 Å². The van der Waals surface area contributed by atoms with E-state index in [1.807, 2.05) is 0 Å². The average Bonchev–Trinajstić information content (AvgIpc) is 2.73. The van der Waals surface area contributed by atoms with Crippen LogP contribution < -0.4 is 4.90 Å². The fourth-order valence-electron chi connectivity index (χ4n) is 3.93. The molecule has 0 bridgehead atoms. The lowest BCUT2D eigenvalue weighted by molar-refractivity contribution is 0.122. The molecule has 3 heterocycles. The monoisotopic (exact) mass is 378 g/mol. The van der Waals surface area contributed by atoms with Crippen LogP contribution in [0.4, 0.5) is 5.82 Å². The van der Waals surface area contributed by atoms with Crippen LogP contribution in [0.25, 0.3) is 5.57 Å². The zero-order valence-corrected chi connectivity index (χ0v) is 17.2. The Labute approximate surface area is 168 Å². The number of morpholine rings is 1. The Kier molecular flexibility index (Phi) is 5.74. The van der Waals surface area contributed by atoms with E-state index < -0.39 is 0 Å². The zero-order valence-electron chi connectivity index (χ0n) is 17.2. The molecular formula is C23H30N4O. The third kappa shape index (κ3) is 4.10. The molecule has 0 unspecified atom stereocenters. The first-order valence-electron chi connectivity index (χ1n) is 10.3. The Balaban J connectivity index is 1.51. The highest BCUT2D eigenvalue weighted by atomic mass is 16.5. The normalized spacial score (nSPS) is 18.2. The predicted octanol–water partition coefficient (Wildman–Crippen LogP) is 3.53. The summed E-state index contributed by atoms with van der Waals surface area (Å²) in [5.74, 6) is 1.98. The van der Waals surface area contributed by atoms with Crippen molar-refractivity contribution in [3.8, 4) is 0 Å². The number of aryl methyl sites for hydroxylation is 2. The molecule has 2 aromatic rings. The van der Waals surface area contributed by atoms with Gasteiger partial charge in [-0.2, -0.15) is 0 Å². The third-order valence-electron chi connectivity index (χ3n) is 5.91. The van der Waals surface area contributed by atoms with Crippen LogP contribution in [0.2, 0.25) is 0 Å². The van der Waals surface area contributed by atoms with Gasteiger partial charge in [0.2, 0.25) is 0 Å². The minimum atomic E-state index is 0.772. The van der Waals surface area contributed by atoms with Crippen LogP contribution in [0.3, 0.4) is 0 Å². The molecule has 0 aliphatic carbocycles. The third-order valence-corrected chi connectivity index (χ3v) is 5.91.